The van der Waals surface area contributed by atoms with Crippen LogP contribution >= 0.6 is 0 Å². The van der Waals surface area contributed by atoms with Crippen LogP contribution in [0.2, 0.25) is 0 Å². The Morgan fingerprint density at radius 1 is 1.58 bits per heavy atom. The first-order chi connectivity index (χ1) is 5.92. The van der Waals surface area contributed by atoms with Gasteiger partial charge in [-0.25, -0.2) is 0 Å². The number of rotatable bonds is 2. The Morgan fingerprint density at radius 3 is 3.33 bits per heavy atom. The van der Waals surface area contributed by atoms with E-state index in [1.165, 1.54) is 25.0 Å². The highest BCUT2D eigenvalue weighted by Gasteiger charge is 2.12. The molecule has 0 spiro atoms. The molecule has 64 valence electrons. The molecular weight excluding hydrogens is 146 g/mol. The predicted molar refractivity (Wildman–Crippen MR) is 52.0 cm³/mol. The summed E-state index contributed by atoms with van der Waals surface area (Å²) in [5, 5.41) is 0. The first kappa shape index (κ1) is 7.66. The molecule has 0 bridgehead atoms. The van der Waals surface area contributed by atoms with Crippen LogP contribution < -0.4 is 0 Å². The monoisotopic (exact) mass is 161 g/mol. The lowest BCUT2D eigenvalue weighted by Crippen LogP contribution is -2.11. The first-order valence-corrected chi connectivity index (χ1v) is 4.75. The number of nitrogens with zero attached hydrogens (tertiary/aromatic N) is 1. The van der Waals surface area contributed by atoms with Gasteiger partial charge in [-0.05, 0) is 31.1 Å². The largest absolute Gasteiger partial charge is 0.345 e. The summed E-state index contributed by atoms with van der Waals surface area (Å²) in [5.41, 5.74) is 1.36. The highest BCUT2D eigenvalue weighted by molar-refractivity contribution is 5.47. The second-order valence-corrected chi connectivity index (χ2v) is 3.42. The van der Waals surface area contributed by atoms with E-state index >= 15 is 0 Å². The number of allylic oxidation sites excluding steroid dienone is 1. The van der Waals surface area contributed by atoms with Crippen molar-refractivity contribution in [3.8, 4) is 0 Å². The molecule has 2 heterocycles. The smallest absolute Gasteiger partial charge is 0.0406 e. The van der Waals surface area contributed by atoms with Gasteiger partial charge in [0.15, 0.2) is 0 Å². The minimum atomic E-state index is 0.713. The maximum Gasteiger partial charge on any atom is 0.0406 e. The summed E-state index contributed by atoms with van der Waals surface area (Å²) in [6.45, 7) is 2.25. The Bertz CT molecular complexity index is 283. The van der Waals surface area contributed by atoms with Gasteiger partial charge in [0.2, 0.25) is 0 Å². The minimum Gasteiger partial charge on any atom is -0.345 e. The molecule has 0 saturated carbocycles. The molecule has 12 heavy (non-hydrogen) atoms. The molecule has 0 aromatic carbocycles. The van der Waals surface area contributed by atoms with Crippen molar-refractivity contribution in [1.29, 1.82) is 0 Å². The average Bonchev–Trinajstić information content (AvgIpc) is 2.53. The topological polar surface area (TPSA) is 4.93 Å². The molecule has 1 aromatic rings. The summed E-state index contributed by atoms with van der Waals surface area (Å²) in [5.74, 6) is 0. The minimum absolute atomic E-state index is 0.713. The van der Waals surface area contributed by atoms with Crippen molar-refractivity contribution < 1.29 is 0 Å². The summed E-state index contributed by atoms with van der Waals surface area (Å²) < 4.78 is 2.39. The van der Waals surface area contributed by atoms with Crippen molar-refractivity contribution >= 4 is 6.08 Å². The van der Waals surface area contributed by atoms with Crippen LogP contribution in [0.4, 0.5) is 0 Å². The van der Waals surface area contributed by atoms with Crippen LogP contribution in [0.3, 0.4) is 0 Å². The van der Waals surface area contributed by atoms with Gasteiger partial charge >= 0.3 is 0 Å². The second-order valence-electron chi connectivity index (χ2n) is 3.42. The molecule has 1 nitrogen and oxygen atoms in total. The molecule has 2 rings (SSSR count). The molecule has 0 fully saturated rings. The van der Waals surface area contributed by atoms with Gasteiger partial charge in [0.25, 0.3) is 0 Å². The molecule has 0 aliphatic carbocycles. The molecular formula is C11H15N. The zero-order valence-corrected chi connectivity index (χ0v) is 7.53. The summed E-state index contributed by atoms with van der Waals surface area (Å²) >= 11 is 0. The Labute approximate surface area is 73.7 Å². The van der Waals surface area contributed by atoms with Crippen LogP contribution in [-0.4, -0.2) is 4.57 Å². The van der Waals surface area contributed by atoms with Crippen molar-refractivity contribution in [1.82, 2.24) is 4.57 Å². The summed E-state index contributed by atoms with van der Waals surface area (Å²) in [4.78, 5) is 0. The molecule has 1 unspecified atom stereocenters. The van der Waals surface area contributed by atoms with E-state index in [1.54, 1.807) is 0 Å². The summed E-state index contributed by atoms with van der Waals surface area (Å²) in [7, 11) is 0. The van der Waals surface area contributed by atoms with E-state index in [9.17, 15) is 0 Å². The lowest BCUT2D eigenvalue weighted by atomic mass is 10.0. The highest BCUT2D eigenvalue weighted by Crippen LogP contribution is 2.26. The third kappa shape index (κ3) is 1.20. The molecule has 1 atom stereocenters. The van der Waals surface area contributed by atoms with E-state index in [4.69, 9.17) is 0 Å². The Hall–Kier alpha value is -0.980. The molecule has 1 heteroatoms. The third-order valence-corrected chi connectivity index (χ3v) is 2.52. The van der Waals surface area contributed by atoms with Gasteiger partial charge in [0.1, 0.15) is 0 Å². The fraction of sp³-hybridized carbons (Fsp3) is 0.455. The Balaban J connectivity index is 2.26. The third-order valence-electron chi connectivity index (χ3n) is 2.52. The van der Waals surface area contributed by atoms with E-state index in [0.717, 1.165) is 0 Å². The SMILES string of the molecule is CCCC1CC=Cc2cccn21. The van der Waals surface area contributed by atoms with Gasteiger partial charge in [-0.2, -0.15) is 0 Å². The van der Waals surface area contributed by atoms with Crippen LogP contribution in [0.5, 0.6) is 0 Å². The maximum absolute atomic E-state index is 2.39. The molecule has 0 radical (unpaired) electrons. The van der Waals surface area contributed by atoms with Gasteiger partial charge in [0.05, 0.1) is 0 Å². The Kier molecular flexibility index (Phi) is 2.03. The summed E-state index contributed by atoms with van der Waals surface area (Å²) in [6.07, 6.45) is 10.5. The van der Waals surface area contributed by atoms with Crippen LogP contribution in [-0.2, 0) is 0 Å². The van der Waals surface area contributed by atoms with Crippen molar-refractivity contribution in [3.05, 3.63) is 30.1 Å². The molecule has 1 aromatic heterocycles. The predicted octanol–water partition coefficient (Wildman–Crippen LogP) is 3.25. The molecule has 0 N–H and O–H groups in total. The van der Waals surface area contributed by atoms with Crippen molar-refractivity contribution in [2.24, 2.45) is 0 Å². The lowest BCUT2D eigenvalue weighted by Gasteiger charge is -2.22. The van der Waals surface area contributed by atoms with E-state index in [2.05, 4.69) is 42.0 Å². The number of hydrogen-bond acceptors (Lipinski definition) is 0. The fourth-order valence-corrected chi connectivity index (χ4v) is 1.93. The van der Waals surface area contributed by atoms with E-state index < -0.39 is 0 Å². The van der Waals surface area contributed by atoms with Crippen LogP contribution in [0.15, 0.2) is 24.4 Å². The highest BCUT2D eigenvalue weighted by atomic mass is 15.0. The summed E-state index contributed by atoms with van der Waals surface area (Å²) in [6, 6.07) is 5.02. The first-order valence-electron chi connectivity index (χ1n) is 4.75. The van der Waals surface area contributed by atoms with Gasteiger partial charge in [-0.3, -0.25) is 0 Å². The second kappa shape index (κ2) is 3.18. The van der Waals surface area contributed by atoms with Crippen LogP contribution in [0, 0.1) is 0 Å². The van der Waals surface area contributed by atoms with E-state index in [0.29, 0.717) is 6.04 Å². The maximum atomic E-state index is 2.39. The van der Waals surface area contributed by atoms with Crippen LogP contribution in [0.1, 0.15) is 37.9 Å². The van der Waals surface area contributed by atoms with Crippen molar-refractivity contribution in [3.63, 3.8) is 0 Å². The van der Waals surface area contributed by atoms with E-state index in [1.807, 2.05) is 0 Å². The lowest BCUT2D eigenvalue weighted by molar-refractivity contribution is 0.459. The zero-order valence-electron chi connectivity index (χ0n) is 7.53. The quantitative estimate of drug-likeness (QED) is 0.627. The van der Waals surface area contributed by atoms with Gasteiger partial charge in [-0.15, -0.1) is 0 Å². The number of aromatic nitrogens is 1. The molecule has 0 saturated heterocycles. The van der Waals surface area contributed by atoms with E-state index in [-0.39, 0.29) is 0 Å². The van der Waals surface area contributed by atoms with Gasteiger partial charge < -0.3 is 4.57 Å². The van der Waals surface area contributed by atoms with Gasteiger partial charge in [-0.1, -0.05) is 19.4 Å². The van der Waals surface area contributed by atoms with Crippen LogP contribution in [0.25, 0.3) is 6.08 Å². The Morgan fingerprint density at radius 2 is 2.50 bits per heavy atom. The zero-order chi connectivity index (χ0) is 8.39. The standard InChI is InChI=1S/C11H15N/c1-2-5-10-6-3-7-11-8-4-9-12(10)11/h3-4,7-10H,2,5-6H2,1H3. The molecule has 0 amide bonds. The number of fused-ring (bicyclic) bond motifs is 1. The fourth-order valence-electron chi connectivity index (χ4n) is 1.93. The van der Waals surface area contributed by atoms with Crippen molar-refractivity contribution in [2.45, 2.75) is 32.2 Å². The average molecular weight is 161 g/mol. The number of hydrogen-bond donors (Lipinski definition) is 0. The van der Waals surface area contributed by atoms with Gasteiger partial charge in [0, 0.05) is 17.9 Å². The van der Waals surface area contributed by atoms with Crippen molar-refractivity contribution in [2.75, 3.05) is 0 Å². The molecule has 1 aliphatic heterocycles. The normalized spacial score (nSPS) is 20.9. The molecule has 1 aliphatic rings.